The largest absolute Gasteiger partial charge is 0.464 e. The third-order valence-electron chi connectivity index (χ3n) is 4.73. The van der Waals surface area contributed by atoms with E-state index in [0.717, 1.165) is 11.4 Å². The molecule has 2 aliphatic heterocycles. The Morgan fingerprint density at radius 2 is 1.96 bits per heavy atom. The quantitative estimate of drug-likeness (QED) is 0.584. The number of carbonyl (C=O) groups is 3. The first kappa shape index (κ1) is 17.1. The minimum Gasteiger partial charge on any atom is -0.464 e. The number of imide groups is 1. The number of esters is 1. The van der Waals surface area contributed by atoms with Crippen molar-refractivity contribution >= 4 is 29.7 Å². The Labute approximate surface area is 145 Å². The topological polar surface area (TPSA) is 88.1 Å². The number of aliphatic imine (C=N–C) groups is 1. The van der Waals surface area contributed by atoms with Gasteiger partial charge in [-0.2, -0.15) is 0 Å². The summed E-state index contributed by atoms with van der Waals surface area (Å²) in [6.07, 6.45) is 0. The van der Waals surface area contributed by atoms with Gasteiger partial charge in [0.1, 0.15) is 11.4 Å². The lowest BCUT2D eigenvalue weighted by Gasteiger charge is -2.32. The normalized spacial score (nSPS) is 19.1. The second-order valence-corrected chi connectivity index (χ2v) is 6.03. The van der Waals surface area contributed by atoms with Crippen LogP contribution in [0.15, 0.2) is 4.99 Å². The molecule has 0 aromatic carbocycles. The number of imidazole rings is 1. The molecule has 134 valence electrons. The molecule has 0 N–H and O–H groups in total. The van der Waals surface area contributed by atoms with Gasteiger partial charge in [0.15, 0.2) is 6.54 Å². The number of urea groups is 1. The van der Waals surface area contributed by atoms with Crippen LogP contribution in [0.25, 0.3) is 0 Å². The van der Waals surface area contributed by atoms with Crippen molar-refractivity contribution in [2.45, 2.75) is 40.3 Å². The Morgan fingerprint density at radius 3 is 2.56 bits per heavy atom. The molecule has 1 atom stereocenters. The number of amidine groups is 1. The summed E-state index contributed by atoms with van der Waals surface area (Å²) in [5.41, 5.74) is 1.66. The van der Waals surface area contributed by atoms with Gasteiger partial charge >= 0.3 is 17.9 Å². The smallest absolute Gasteiger partial charge is 0.402 e. The van der Waals surface area contributed by atoms with Crippen molar-refractivity contribution in [1.29, 1.82) is 0 Å². The van der Waals surface area contributed by atoms with Crippen LogP contribution in [0, 0.1) is 13.8 Å². The molecule has 25 heavy (non-hydrogen) atoms. The van der Waals surface area contributed by atoms with Crippen molar-refractivity contribution < 1.29 is 23.7 Å². The number of fused-ring (bicyclic) bond motifs is 3. The zero-order chi connectivity index (χ0) is 18.5. The van der Waals surface area contributed by atoms with E-state index in [9.17, 15) is 14.4 Å². The summed E-state index contributed by atoms with van der Waals surface area (Å²) < 4.78 is 8.54. The van der Waals surface area contributed by atoms with E-state index in [-0.39, 0.29) is 24.5 Å². The van der Waals surface area contributed by atoms with Gasteiger partial charge in [-0.1, -0.05) is 4.99 Å². The van der Waals surface area contributed by atoms with Crippen LogP contribution in [0.1, 0.15) is 31.3 Å². The predicted octanol–water partition coefficient (Wildman–Crippen LogP) is 0.454. The van der Waals surface area contributed by atoms with Crippen molar-refractivity contribution in [3.63, 3.8) is 0 Å². The first-order valence-electron chi connectivity index (χ1n) is 8.27. The Hall–Kier alpha value is -2.71. The van der Waals surface area contributed by atoms with Gasteiger partial charge in [-0.25, -0.2) is 18.7 Å². The minimum absolute atomic E-state index is 0.00961. The number of hydrogen-bond donors (Lipinski definition) is 0. The number of carbonyl (C=O) groups excluding carboxylic acids is 3. The van der Waals surface area contributed by atoms with Gasteiger partial charge in [0.2, 0.25) is 11.9 Å². The highest BCUT2D eigenvalue weighted by Gasteiger charge is 2.53. The molecule has 3 heterocycles. The highest BCUT2D eigenvalue weighted by molar-refractivity contribution is 6.20. The van der Waals surface area contributed by atoms with Crippen LogP contribution in [0.2, 0.25) is 0 Å². The third-order valence-corrected chi connectivity index (χ3v) is 4.73. The Morgan fingerprint density at radius 1 is 1.28 bits per heavy atom. The van der Waals surface area contributed by atoms with E-state index in [1.54, 1.807) is 30.0 Å². The van der Waals surface area contributed by atoms with Gasteiger partial charge in [0, 0.05) is 13.6 Å². The summed E-state index contributed by atoms with van der Waals surface area (Å²) in [6, 6.07) is -1.07. The number of likely N-dealkylation sites (N-methyl/N-ethyl adjacent to an activating group) is 2. The van der Waals surface area contributed by atoms with Crippen LogP contribution in [0.4, 0.5) is 10.7 Å². The number of rotatable bonds is 4. The fourth-order valence-electron chi connectivity index (χ4n) is 3.32. The van der Waals surface area contributed by atoms with Crippen molar-refractivity contribution in [2.24, 2.45) is 4.99 Å². The average Bonchev–Trinajstić information content (AvgIpc) is 3.06. The summed E-state index contributed by atoms with van der Waals surface area (Å²) in [5, 5.41) is 0. The maximum Gasteiger partial charge on any atom is 0.402 e. The fourth-order valence-corrected chi connectivity index (χ4v) is 3.32. The van der Waals surface area contributed by atoms with Crippen LogP contribution in [0.3, 0.4) is 0 Å². The van der Waals surface area contributed by atoms with Crippen LogP contribution in [-0.2, 0) is 20.9 Å². The van der Waals surface area contributed by atoms with E-state index in [0.29, 0.717) is 24.9 Å². The Balaban J connectivity index is 2.10. The molecule has 9 heteroatoms. The summed E-state index contributed by atoms with van der Waals surface area (Å²) in [4.78, 5) is 44.2. The molecule has 1 fully saturated rings. The molecule has 1 aromatic rings. The zero-order valence-electron chi connectivity index (χ0n) is 15.1. The molecule has 0 saturated carbocycles. The van der Waals surface area contributed by atoms with Gasteiger partial charge < -0.3 is 4.74 Å². The van der Waals surface area contributed by atoms with Gasteiger partial charge in [-0.05, 0) is 27.7 Å². The SMILES string of the molecule is CCOC(=O)C[n+]1c(C)c(C)n2c1N=C1C2C(=O)N(CC)C(=O)N1C. The molecule has 0 aliphatic carbocycles. The molecule has 1 saturated heterocycles. The first-order valence-corrected chi connectivity index (χ1v) is 8.27. The molecule has 2 aliphatic rings. The molecular weight excluding hydrogens is 326 g/mol. The van der Waals surface area contributed by atoms with E-state index < -0.39 is 6.04 Å². The number of aromatic nitrogens is 2. The number of hydrogen-bond acceptors (Lipinski definition) is 5. The highest BCUT2D eigenvalue weighted by atomic mass is 16.5. The van der Waals surface area contributed by atoms with E-state index in [4.69, 9.17) is 4.74 Å². The van der Waals surface area contributed by atoms with Gasteiger partial charge in [-0.3, -0.25) is 14.6 Å². The molecule has 9 nitrogen and oxygen atoms in total. The van der Waals surface area contributed by atoms with Crippen molar-refractivity contribution in [1.82, 2.24) is 14.4 Å². The summed E-state index contributed by atoms with van der Waals surface area (Å²) in [5.74, 6) is 0.193. The van der Waals surface area contributed by atoms with Gasteiger partial charge in [0.05, 0.1) is 6.61 Å². The Bertz CT molecular complexity index is 810. The monoisotopic (exact) mass is 348 g/mol. The Kier molecular flexibility index (Phi) is 4.09. The summed E-state index contributed by atoms with van der Waals surface area (Å²) in [7, 11) is 1.60. The lowest BCUT2D eigenvalue weighted by molar-refractivity contribution is -0.678. The zero-order valence-corrected chi connectivity index (χ0v) is 15.1. The van der Waals surface area contributed by atoms with Crippen LogP contribution < -0.4 is 4.57 Å². The summed E-state index contributed by atoms with van der Waals surface area (Å²) >= 11 is 0. The van der Waals surface area contributed by atoms with E-state index in [1.165, 1.54) is 9.80 Å². The fraction of sp³-hybridized carbons (Fsp3) is 0.562. The lowest BCUT2D eigenvalue weighted by atomic mass is 10.1. The van der Waals surface area contributed by atoms with E-state index >= 15 is 0 Å². The van der Waals surface area contributed by atoms with Crippen molar-refractivity contribution in [3.8, 4) is 0 Å². The minimum atomic E-state index is -0.681. The molecule has 3 rings (SSSR count). The van der Waals surface area contributed by atoms with E-state index in [1.807, 2.05) is 13.8 Å². The average molecular weight is 348 g/mol. The van der Waals surface area contributed by atoms with Gasteiger partial charge in [-0.15, -0.1) is 0 Å². The molecule has 0 bridgehead atoms. The van der Waals surface area contributed by atoms with Crippen LogP contribution in [0.5, 0.6) is 0 Å². The van der Waals surface area contributed by atoms with E-state index in [2.05, 4.69) is 4.99 Å². The van der Waals surface area contributed by atoms with Crippen molar-refractivity contribution in [3.05, 3.63) is 11.4 Å². The molecule has 0 radical (unpaired) electrons. The first-order chi connectivity index (χ1) is 11.8. The van der Waals surface area contributed by atoms with Gasteiger partial charge in [0.25, 0.3) is 5.91 Å². The maximum absolute atomic E-state index is 12.8. The molecule has 1 aromatic heterocycles. The molecule has 1 unspecified atom stereocenters. The predicted molar refractivity (Wildman–Crippen MR) is 87.4 cm³/mol. The molecule has 0 spiro atoms. The number of ether oxygens (including phenoxy) is 1. The molecule has 3 amide bonds. The third kappa shape index (κ3) is 2.33. The second-order valence-electron chi connectivity index (χ2n) is 6.03. The number of amides is 3. The summed E-state index contributed by atoms with van der Waals surface area (Å²) in [6.45, 7) is 7.85. The second kappa shape index (κ2) is 5.98. The van der Waals surface area contributed by atoms with Crippen LogP contribution in [-0.4, -0.2) is 58.3 Å². The lowest BCUT2D eigenvalue weighted by Crippen LogP contribution is -2.57. The molecular formula is C16H22N5O4+. The van der Waals surface area contributed by atoms with Crippen LogP contribution >= 0.6 is 0 Å². The highest BCUT2D eigenvalue weighted by Crippen LogP contribution is 2.34. The number of nitrogens with zero attached hydrogens (tertiary/aromatic N) is 5. The van der Waals surface area contributed by atoms with Crippen molar-refractivity contribution in [2.75, 3.05) is 20.2 Å². The standard InChI is InChI=1S/C16H22N5O4/c1-6-19-14(23)12-13(18(5)16(19)24)17-15-20(8-11(22)25-7-2)9(3)10(4)21(12)15/h12H,6-8H2,1-5H3/q+1. The maximum atomic E-state index is 12.8.